The van der Waals surface area contributed by atoms with Gasteiger partial charge in [0.05, 0.1) is 5.01 Å². The molecule has 0 spiro atoms. The second-order valence-corrected chi connectivity index (χ2v) is 7.93. The summed E-state index contributed by atoms with van der Waals surface area (Å²) in [6, 6.07) is 4.07. The van der Waals surface area contributed by atoms with Crippen LogP contribution in [-0.2, 0) is 12.8 Å². The van der Waals surface area contributed by atoms with Crippen LogP contribution in [0.25, 0.3) is 0 Å². The molecule has 2 N–H and O–H groups in total. The third kappa shape index (κ3) is 6.50. The maximum absolute atomic E-state index is 14.0. The molecule has 0 aliphatic carbocycles. The number of halogens is 3. The largest absolute Gasteiger partial charge is 0.365 e. The van der Waals surface area contributed by atoms with Gasteiger partial charge >= 0.3 is 0 Å². The van der Waals surface area contributed by atoms with E-state index >= 15 is 0 Å². The van der Waals surface area contributed by atoms with Gasteiger partial charge in [-0.05, 0) is 31.9 Å². The summed E-state index contributed by atoms with van der Waals surface area (Å²) >= 11 is 1.73. The van der Waals surface area contributed by atoms with Crippen molar-refractivity contribution in [3.8, 4) is 0 Å². The minimum absolute atomic E-state index is 0. The molecule has 5 nitrogen and oxygen atoms in total. The van der Waals surface area contributed by atoms with Crippen LogP contribution in [0, 0.1) is 11.6 Å². The Balaban J connectivity index is 0.00000300. The summed E-state index contributed by atoms with van der Waals surface area (Å²) in [6.07, 6.45) is 4.54. The number of aryl methyl sites for hydroxylation is 1. The molecule has 1 fully saturated rings. The lowest BCUT2D eigenvalue weighted by Crippen LogP contribution is -2.44. The topological polar surface area (TPSA) is 52.6 Å². The first kappa shape index (κ1) is 23.8. The Bertz CT molecular complexity index is 794. The third-order valence-electron chi connectivity index (χ3n) is 4.67. The number of nitrogens with zero attached hydrogens (tertiary/aromatic N) is 3. The fourth-order valence-electron chi connectivity index (χ4n) is 3.28. The lowest BCUT2D eigenvalue weighted by molar-refractivity contribution is 0.576. The smallest absolute Gasteiger partial charge is 0.191 e. The average Bonchev–Trinajstić information content (AvgIpc) is 3.31. The first-order valence-corrected chi connectivity index (χ1v) is 10.6. The second-order valence-electron chi connectivity index (χ2n) is 6.73. The number of para-hydroxylation sites is 1. The lowest BCUT2D eigenvalue weighted by Gasteiger charge is -2.21. The molecular weight excluding hydrogens is 507 g/mol. The van der Waals surface area contributed by atoms with Crippen LogP contribution in [0.5, 0.6) is 0 Å². The van der Waals surface area contributed by atoms with E-state index in [1.807, 2.05) is 13.1 Å². The highest BCUT2D eigenvalue weighted by atomic mass is 127. The summed E-state index contributed by atoms with van der Waals surface area (Å²) in [5.41, 5.74) is 0.0595. The van der Waals surface area contributed by atoms with Crippen LogP contribution in [0.4, 0.5) is 14.5 Å². The van der Waals surface area contributed by atoms with Crippen molar-refractivity contribution in [1.29, 1.82) is 0 Å². The molecule has 160 valence electrons. The van der Waals surface area contributed by atoms with Gasteiger partial charge in [0.1, 0.15) is 17.3 Å². The Hall–Kier alpha value is -1.49. The summed E-state index contributed by atoms with van der Waals surface area (Å²) in [4.78, 5) is 12.1. The Labute approximate surface area is 192 Å². The van der Waals surface area contributed by atoms with Crippen molar-refractivity contribution in [2.45, 2.75) is 39.2 Å². The molecule has 1 aliphatic rings. The number of hydrogen-bond donors (Lipinski definition) is 2. The first-order chi connectivity index (χ1) is 13.6. The zero-order valence-corrected chi connectivity index (χ0v) is 19.9. The molecule has 0 radical (unpaired) electrons. The minimum atomic E-state index is -0.517. The Morgan fingerprint density at radius 3 is 2.72 bits per heavy atom. The van der Waals surface area contributed by atoms with E-state index in [9.17, 15) is 8.78 Å². The van der Waals surface area contributed by atoms with Crippen LogP contribution in [0.1, 0.15) is 30.2 Å². The molecule has 1 aromatic heterocycles. The van der Waals surface area contributed by atoms with E-state index in [1.165, 1.54) is 23.1 Å². The number of anilines is 1. The summed E-state index contributed by atoms with van der Waals surface area (Å²) in [5, 5.41) is 7.73. The van der Waals surface area contributed by atoms with Crippen molar-refractivity contribution < 1.29 is 8.78 Å². The molecule has 0 bridgehead atoms. The van der Waals surface area contributed by atoms with E-state index in [0.717, 1.165) is 36.8 Å². The molecule has 1 saturated heterocycles. The maximum Gasteiger partial charge on any atom is 0.191 e. The van der Waals surface area contributed by atoms with Gasteiger partial charge < -0.3 is 15.5 Å². The van der Waals surface area contributed by atoms with Crippen molar-refractivity contribution in [1.82, 2.24) is 15.6 Å². The number of aliphatic imine (C=N–C) groups is 1. The SMILES string of the molecule is CCNC(=NCCc1ncc(CC)s1)NC1CCN(c2c(F)cccc2F)C1.I. The number of rotatable bonds is 7. The zero-order valence-electron chi connectivity index (χ0n) is 16.8. The molecule has 29 heavy (non-hydrogen) atoms. The number of guanidine groups is 1. The van der Waals surface area contributed by atoms with Crippen molar-refractivity contribution >= 4 is 47.0 Å². The van der Waals surface area contributed by atoms with Gasteiger partial charge in [0, 0.05) is 49.7 Å². The third-order valence-corrected chi connectivity index (χ3v) is 5.87. The number of nitrogens with one attached hydrogen (secondary N) is 2. The average molecular weight is 535 g/mol. The number of benzene rings is 1. The molecule has 0 saturated carbocycles. The fraction of sp³-hybridized carbons (Fsp3) is 0.500. The molecule has 1 aromatic carbocycles. The highest BCUT2D eigenvalue weighted by molar-refractivity contribution is 14.0. The quantitative estimate of drug-likeness (QED) is 0.320. The van der Waals surface area contributed by atoms with Gasteiger partial charge in [0.2, 0.25) is 0 Å². The summed E-state index contributed by atoms with van der Waals surface area (Å²) in [7, 11) is 0. The molecule has 1 unspecified atom stereocenters. The van der Waals surface area contributed by atoms with Gasteiger partial charge in [-0.25, -0.2) is 13.8 Å². The Morgan fingerprint density at radius 2 is 2.07 bits per heavy atom. The predicted octanol–water partition coefficient (Wildman–Crippen LogP) is 3.98. The second kappa shape index (κ2) is 11.6. The first-order valence-electron chi connectivity index (χ1n) is 9.78. The van der Waals surface area contributed by atoms with Crippen molar-refractivity contribution in [3.05, 3.63) is 45.9 Å². The van der Waals surface area contributed by atoms with E-state index < -0.39 is 11.6 Å². The lowest BCUT2D eigenvalue weighted by atomic mass is 10.2. The minimum Gasteiger partial charge on any atom is -0.365 e. The van der Waals surface area contributed by atoms with Crippen LogP contribution >= 0.6 is 35.3 Å². The van der Waals surface area contributed by atoms with Gasteiger partial charge in [0.15, 0.2) is 5.96 Å². The van der Waals surface area contributed by atoms with E-state index in [1.54, 1.807) is 16.2 Å². The number of thiazole rings is 1. The molecule has 1 aliphatic heterocycles. The van der Waals surface area contributed by atoms with Crippen LogP contribution in [0.3, 0.4) is 0 Å². The van der Waals surface area contributed by atoms with Gasteiger partial charge in [-0.3, -0.25) is 4.99 Å². The van der Waals surface area contributed by atoms with E-state index in [-0.39, 0.29) is 35.7 Å². The van der Waals surface area contributed by atoms with Crippen LogP contribution < -0.4 is 15.5 Å². The van der Waals surface area contributed by atoms with E-state index in [0.29, 0.717) is 19.6 Å². The highest BCUT2D eigenvalue weighted by Crippen LogP contribution is 2.26. The fourth-order valence-corrected chi connectivity index (χ4v) is 4.13. The molecule has 3 rings (SSSR count). The highest BCUT2D eigenvalue weighted by Gasteiger charge is 2.27. The molecule has 1 atom stereocenters. The van der Waals surface area contributed by atoms with Crippen molar-refractivity contribution in [3.63, 3.8) is 0 Å². The standard InChI is InChI=1S/C20H27F2N5S.HI/c1-3-15-12-25-18(28-15)8-10-24-20(23-4-2)26-14-9-11-27(13-14)19-16(21)6-5-7-17(19)22;/h5-7,12,14H,3-4,8-11,13H2,1-2H3,(H2,23,24,26);1H. The number of aromatic nitrogens is 1. The van der Waals surface area contributed by atoms with Crippen molar-refractivity contribution in [2.24, 2.45) is 4.99 Å². The van der Waals surface area contributed by atoms with Gasteiger partial charge in [-0.2, -0.15) is 0 Å². The summed E-state index contributed by atoms with van der Waals surface area (Å²) < 4.78 is 28.0. The molecule has 9 heteroatoms. The molecule has 2 heterocycles. The molecule has 0 amide bonds. The Morgan fingerprint density at radius 1 is 1.31 bits per heavy atom. The van der Waals surface area contributed by atoms with Gasteiger partial charge in [-0.15, -0.1) is 35.3 Å². The molecule has 2 aromatic rings. The zero-order chi connectivity index (χ0) is 19.9. The van der Waals surface area contributed by atoms with Gasteiger partial charge in [-0.1, -0.05) is 13.0 Å². The summed E-state index contributed by atoms with van der Waals surface area (Å²) in [6.45, 7) is 6.68. The predicted molar refractivity (Wildman–Crippen MR) is 127 cm³/mol. The van der Waals surface area contributed by atoms with Crippen LogP contribution in [-0.4, -0.2) is 43.2 Å². The van der Waals surface area contributed by atoms with Crippen LogP contribution in [0.15, 0.2) is 29.4 Å². The van der Waals surface area contributed by atoms with E-state index in [2.05, 4.69) is 27.5 Å². The monoisotopic (exact) mass is 535 g/mol. The molecular formula is C20H28F2IN5S. The van der Waals surface area contributed by atoms with E-state index in [4.69, 9.17) is 0 Å². The maximum atomic E-state index is 14.0. The Kier molecular flexibility index (Phi) is 9.54. The summed E-state index contributed by atoms with van der Waals surface area (Å²) in [5.74, 6) is -0.303. The van der Waals surface area contributed by atoms with Crippen LogP contribution in [0.2, 0.25) is 0 Å². The number of hydrogen-bond acceptors (Lipinski definition) is 4. The normalized spacial score (nSPS) is 16.6. The van der Waals surface area contributed by atoms with Gasteiger partial charge in [0.25, 0.3) is 0 Å². The van der Waals surface area contributed by atoms with Crippen molar-refractivity contribution in [2.75, 3.05) is 31.1 Å².